The molecule has 0 saturated heterocycles. The zero-order chi connectivity index (χ0) is 17.2. The van der Waals surface area contributed by atoms with Crippen molar-refractivity contribution in [2.75, 3.05) is 0 Å². The van der Waals surface area contributed by atoms with E-state index in [4.69, 9.17) is 5.26 Å². The maximum atomic E-state index is 13.2. The molecular weight excluding hydrogens is 304 g/mol. The van der Waals surface area contributed by atoms with Crippen molar-refractivity contribution in [1.29, 1.82) is 5.26 Å². The first-order valence-electron chi connectivity index (χ1n) is 9.17. The SMILES string of the molecule is N#CC=CCCC1CCC(CCCCc2ccc(F)c(F)c2)CC1. The van der Waals surface area contributed by atoms with E-state index < -0.39 is 11.6 Å². The third-order valence-corrected chi connectivity index (χ3v) is 5.21. The first kappa shape index (κ1) is 18.6. The van der Waals surface area contributed by atoms with Gasteiger partial charge in [-0.3, -0.25) is 0 Å². The molecule has 0 unspecified atom stereocenters. The van der Waals surface area contributed by atoms with Crippen LogP contribution in [-0.2, 0) is 6.42 Å². The predicted molar refractivity (Wildman–Crippen MR) is 93.3 cm³/mol. The summed E-state index contributed by atoms with van der Waals surface area (Å²) >= 11 is 0. The fraction of sp³-hybridized carbons (Fsp3) is 0.571. The van der Waals surface area contributed by atoms with Gasteiger partial charge in [-0.15, -0.1) is 0 Å². The number of hydrogen-bond acceptors (Lipinski definition) is 1. The van der Waals surface area contributed by atoms with E-state index in [2.05, 4.69) is 0 Å². The number of rotatable bonds is 8. The monoisotopic (exact) mass is 331 g/mol. The summed E-state index contributed by atoms with van der Waals surface area (Å²) in [5.41, 5.74) is 0.892. The molecule has 2 rings (SSSR count). The van der Waals surface area contributed by atoms with Crippen LogP contribution >= 0.6 is 0 Å². The molecule has 0 aliphatic heterocycles. The molecule has 1 saturated carbocycles. The van der Waals surface area contributed by atoms with Crippen molar-refractivity contribution < 1.29 is 8.78 Å². The Morgan fingerprint density at radius 1 is 1.00 bits per heavy atom. The Labute approximate surface area is 144 Å². The number of benzene rings is 1. The van der Waals surface area contributed by atoms with Crippen LogP contribution in [0.5, 0.6) is 0 Å². The summed E-state index contributed by atoms with van der Waals surface area (Å²) in [6, 6.07) is 6.26. The lowest BCUT2D eigenvalue weighted by Crippen LogP contribution is -2.14. The van der Waals surface area contributed by atoms with Gasteiger partial charge in [-0.2, -0.15) is 5.26 Å². The first-order chi connectivity index (χ1) is 11.7. The zero-order valence-corrected chi connectivity index (χ0v) is 14.3. The molecule has 0 N–H and O–H groups in total. The van der Waals surface area contributed by atoms with Gasteiger partial charge >= 0.3 is 0 Å². The highest BCUT2D eigenvalue weighted by molar-refractivity contribution is 5.17. The van der Waals surface area contributed by atoms with Gasteiger partial charge in [-0.05, 0) is 55.2 Å². The highest BCUT2D eigenvalue weighted by Gasteiger charge is 2.20. The first-order valence-corrected chi connectivity index (χ1v) is 9.17. The average Bonchev–Trinajstić information content (AvgIpc) is 2.60. The quantitative estimate of drug-likeness (QED) is 0.402. The van der Waals surface area contributed by atoms with Crippen molar-refractivity contribution in [2.45, 2.75) is 64.2 Å². The van der Waals surface area contributed by atoms with Crippen LogP contribution in [-0.4, -0.2) is 0 Å². The molecule has 0 aromatic heterocycles. The summed E-state index contributed by atoms with van der Waals surface area (Å²) in [6.45, 7) is 0. The van der Waals surface area contributed by atoms with Crippen molar-refractivity contribution in [3.63, 3.8) is 0 Å². The summed E-state index contributed by atoms with van der Waals surface area (Å²) in [7, 11) is 0. The second-order valence-corrected chi connectivity index (χ2v) is 6.99. The third kappa shape index (κ3) is 6.43. The van der Waals surface area contributed by atoms with Crippen molar-refractivity contribution >= 4 is 0 Å². The molecule has 0 atom stereocenters. The van der Waals surface area contributed by atoms with Crippen molar-refractivity contribution in [3.05, 3.63) is 47.5 Å². The molecule has 0 spiro atoms. The largest absolute Gasteiger partial charge is 0.204 e. The maximum Gasteiger partial charge on any atom is 0.159 e. The molecule has 0 radical (unpaired) electrons. The lowest BCUT2D eigenvalue weighted by molar-refractivity contribution is 0.250. The lowest BCUT2D eigenvalue weighted by Gasteiger charge is -2.28. The number of unbranched alkanes of at least 4 members (excludes halogenated alkanes) is 1. The topological polar surface area (TPSA) is 23.8 Å². The van der Waals surface area contributed by atoms with E-state index in [9.17, 15) is 8.78 Å². The molecule has 1 aliphatic rings. The molecule has 24 heavy (non-hydrogen) atoms. The standard InChI is InChI=1S/C21H27F2N/c22-20-14-13-19(16-21(20)23)8-4-3-7-18-11-9-17(10-12-18)6-2-1-5-15-24/h1,5,13-14,16-18H,2-4,6-12H2. The van der Waals surface area contributed by atoms with Gasteiger partial charge in [-0.1, -0.05) is 50.7 Å². The van der Waals surface area contributed by atoms with Gasteiger partial charge in [0.15, 0.2) is 11.6 Å². The van der Waals surface area contributed by atoms with Gasteiger partial charge in [0.1, 0.15) is 0 Å². The number of nitriles is 1. The van der Waals surface area contributed by atoms with Crippen LogP contribution in [0.25, 0.3) is 0 Å². The van der Waals surface area contributed by atoms with E-state index in [0.717, 1.165) is 36.7 Å². The Hall–Kier alpha value is -1.69. The van der Waals surface area contributed by atoms with Gasteiger partial charge in [-0.25, -0.2) is 8.78 Å². The van der Waals surface area contributed by atoms with Gasteiger partial charge < -0.3 is 0 Å². The summed E-state index contributed by atoms with van der Waals surface area (Å²) in [4.78, 5) is 0. The minimum Gasteiger partial charge on any atom is -0.204 e. The predicted octanol–water partition coefficient (Wildman–Crippen LogP) is 6.34. The third-order valence-electron chi connectivity index (χ3n) is 5.21. The number of aryl methyl sites for hydroxylation is 1. The molecule has 0 bridgehead atoms. The Morgan fingerprint density at radius 3 is 2.38 bits per heavy atom. The summed E-state index contributed by atoms with van der Waals surface area (Å²) < 4.78 is 26.0. The number of nitrogens with zero attached hydrogens (tertiary/aromatic N) is 1. The smallest absolute Gasteiger partial charge is 0.159 e. The minimum absolute atomic E-state index is 0.740. The Kier molecular flexibility index (Phi) is 7.95. The van der Waals surface area contributed by atoms with E-state index in [0.29, 0.717) is 0 Å². The van der Waals surface area contributed by atoms with E-state index in [1.165, 1.54) is 57.1 Å². The van der Waals surface area contributed by atoms with Crippen molar-refractivity contribution in [2.24, 2.45) is 11.8 Å². The Bertz CT molecular complexity index is 566. The van der Waals surface area contributed by atoms with Gasteiger partial charge in [0, 0.05) is 6.08 Å². The number of hydrogen-bond donors (Lipinski definition) is 0. The van der Waals surface area contributed by atoms with E-state index in [1.54, 1.807) is 12.1 Å². The molecule has 3 heteroatoms. The highest BCUT2D eigenvalue weighted by Crippen LogP contribution is 2.34. The van der Waals surface area contributed by atoms with Gasteiger partial charge in [0.2, 0.25) is 0 Å². The zero-order valence-electron chi connectivity index (χ0n) is 14.3. The second kappa shape index (κ2) is 10.2. The summed E-state index contributed by atoms with van der Waals surface area (Å²) in [5, 5.41) is 8.47. The second-order valence-electron chi connectivity index (χ2n) is 6.99. The fourth-order valence-corrected chi connectivity index (χ4v) is 3.73. The maximum absolute atomic E-state index is 13.2. The van der Waals surface area contributed by atoms with Crippen LogP contribution in [0, 0.1) is 34.8 Å². The molecule has 1 fully saturated rings. The van der Waals surface area contributed by atoms with E-state index in [1.807, 2.05) is 12.1 Å². The minimum atomic E-state index is -0.765. The molecule has 1 aliphatic carbocycles. The van der Waals surface area contributed by atoms with Gasteiger partial charge in [0.25, 0.3) is 0 Å². The van der Waals surface area contributed by atoms with Crippen molar-refractivity contribution in [3.8, 4) is 6.07 Å². The van der Waals surface area contributed by atoms with Crippen LogP contribution in [0.4, 0.5) is 8.78 Å². The number of halogens is 2. The van der Waals surface area contributed by atoms with Crippen LogP contribution in [0.2, 0.25) is 0 Å². The molecule has 0 heterocycles. The molecule has 130 valence electrons. The number of allylic oxidation sites excluding steroid dienone is 2. The van der Waals surface area contributed by atoms with Gasteiger partial charge in [0.05, 0.1) is 6.07 Å². The molecule has 1 nitrogen and oxygen atoms in total. The van der Waals surface area contributed by atoms with Crippen LogP contribution < -0.4 is 0 Å². The van der Waals surface area contributed by atoms with Crippen LogP contribution in [0.1, 0.15) is 63.4 Å². The summed E-state index contributed by atoms with van der Waals surface area (Å²) in [6.07, 6.45) is 15.4. The molecule has 1 aromatic carbocycles. The summed E-state index contributed by atoms with van der Waals surface area (Å²) in [5.74, 6) is 0.154. The average molecular weight is 331 g/mol. The Morgan fingerprint density at radius 2 is 1.71 bits per heavy atom. The molecule has 0 amide bonds. The van der Waals surface area contributed by atoms with E-state index in [-0.39, 0.29) is 0 Å². The Balaban J connectivity index is 1.57. The van der Waals surface area contributed by atoms with Crippen LogP contribution in [0.15, 0.2) is 30.4 Å². The van der Waals surface area contributed by atoms with Crippen LogP contribution in [0.3, 0.4) is 0 Å². The molecular formula is C21H27F2N. The fourth-order valence-electron chi connectivity index (χ4n) is 3.73. The normalized spacial score (nSPS) is 21.0. The van der Waals surface area contributed by atoms with Crippen molar-refractivity contribution in [1.82, 2.24) is 0 Å². The molecule has 1 aromatic rings. The lowest BCUT2D eigenvalue weighted by atomic mass is 9.78. The highest BCUT2D eigenvalue weighted by atomic mass is 19.2. The van der Waals surface area contributed by atoms with E-state index >= 15 is 0 Å².